The fourth-order valence-corrected chi connectivity index (χ4v) is 2.33. The maximum absolute atomic E-state index is 12.1. The molecule has 1 saturated heterocycles. The van der Waals surface area contributed by atoms with E-state index >= 15 is 0 Å². The zero-order valence-corrected chi connectivity index (χ0v) is 15.2. The van der Waals surface area contributed by atoms with Gasteiger partial charge in [0.05, 0.1) is 5.92 Å². The van der Waals surface area contributed by atoms with Crippen molar-refractivity contribution < 1.29 is 29.0 Å². The van der Waals surface area contributed by atoms with Gasteiger partial charge < -0.3 is 24.8 Å². The van der Waals surface area contributed by atoms with Crippen molar-refractivity contribution in [3.8, 4) is 0 Å². The highest BCUT2D eigenvalue weighted by Crippen LogP contribution is 2.21. The van der Waals surface area contributed by atoms with Crippen LogP contribution in [0.25, 0.3) is 0 Å². The Balaban J connectivity index is 2.71. The average Bonchev–Trinajstić information content (AvgIpc) is 2.34. The van der Waals surface area contributed by atoms with E-state index in [0.717, 1.165) is 0 Å². The molecule has 0 radical (unpaired) electrons. The quantitative estimate of drug-likeness (QED) is 0.796. The summed E-state index contributed by atoms with van der Waals surface area (Å²) in [5.41, 5.74) is -1.32. The van der Waals surface area contributed by atoms with Crippen molar-refractivity contribution in [3.63, 3.8) is 0 Å². The first-order valence-electron chi connectivity index (χ1n) is 7.99. The topological polar surface area (TPSA) is 105 Å². The van der Waals surface area contributed by atoms with Gasteiger partial charge in [-0.1, -0.05) is 0 Å². The third kappa shape index (κ3) is 6.64. The number of nitrogens with zero attached hydrogens (tertiary/aromatic N) is 1. The predicted molar refractivity (Wildman–Crippen MR) is 86.7 cm³/mol. The molecule has 8 nitrogen and oxygen atoms in total. The molecule has 0 aromatic carbocycles. The van der Waals surface area contributed by atoms with Gasteiger partial charge in [-0.05, 0) is 48.0 Å². The van der Waals surface area contributed by atoms with E-state index in [9.17, 15) is 19.5 Å². The first kappa shape index (κ1) is 20.1. The third-order valence-electron chi connectivity index (χ3n) is 3.28. The van der Waals surface area contributed by atoms with Gasteiger partial charge in [-0.2, -0.15) is 0 Å². The van der Waals surface area contributed by atoms with Crippen molar-refractivity contribution in [1.82, 2.24) is 10.2 Å². The number of carboxylic acid groups (broad SMARTS) is 1. The molecular weight excluding hydrogens is 316 g/mol. The Morgan fingerprint density at radius 3 is 2.04 bits per heavy atom. The van der Waals surface area contributed by atoms with Crippen LogP contribution in [0.1, 0.15) is 48.0 Å². The molecule has 1 heterocycles. The number of carbonyl (C=O) groups excluding carboxylic acids is 2. The lowest BCUT2D eigenvalue weighted by Gasteiger charge is -2.37. The van der Waals surface area contributed by atoms with Gasteiger partial charge in [0, 0.05) is 19.1 Å². The van der Waals surface area contributed by atoms with Crippen LogP contribution in [-0.4, -0.2) is 58.5 Å². The van der Waals surface area contributed by atoms with Crippen LogP contribution in [0.4, 0.5) is 9.59 Å². The molecule has 8 heteroatoms. The van der Waals surface area contributed by atoms with Gasteiger partial charge in [0.25, 0.3) is 0 Å². The summed E-state index contributed by atoms with van der Waals surface area (Å²) in [7, 11) is 0. The summed E-state index contributed by atoms with van der Waals surface area (Å²) >= 11 is 0. The van der Waals surface area contributed by atoms with Crippen LogP contribution in [0, 0.1) is 5.92 Å². The first-order chi connectivity index (χ1) is 10.8. The van der Waals surface area contributed by atoms with Crippen molar-refractivity contribution in [2.75, 3.05) is 13.1 Å². The molecule has 0 saturated carbocycles. The number of amides is 2. The van der Waals surface area contributed by atoms with Gasteiger partial charge in [-0.3, -0.25) is 4.79 Å². The first-order valence-corrected chi connectivity index (χ1v) is 7.99. The molecule has 1 aliphatic heterocycles. The highest BCUT2D eigenvalue weighted by molar-refractivity contribution is 5.76. The summed E-state index contributed by atoms with van der Waals surface area (Å²) in [5.74, 6) is -2.00. The fourth-order valence-electron chi connectivity index (χ4n) is 2.33. The number of likely N-dealkylation sites (tertiary alicyclic amines) is 1. The minimum absolute atomic E-state index is 0.0231. The number of carboxylic acids is 1. The zero-order valence-electron chi connectivity index (χ0n) is 15.2. The maximum Gasteiger partial charge on any atom is 0.410 e. The molecule has 0 spiro atoms. The standard InChI is InChI=1S/C16H28N2O6/c1-15(2,3)23-13(21)17-11-7-8-18(9-10(11)12(19)20)14(22)24-16(4,5)6/h10-11H,7-9H2,1-6H3,(H,17,21)(H,19,20)/t10-,11-/m1/s1. The van der Waals surface area contributed by atoms with Crippen LogP contribution >= 0.6 is 0 Å². The number of nitrogens with one attached hydrogen (secondary N) is 1. The van der Waals surface area contributed by atoms with Gasteiger partial charge in [0.15, 0.2) is 0 Å². The van der Waals surface area contributed by atoms with E-state index in [0.29, 0.717) is 13.0 Å². The molecule has 2 N–H and O–H groups in total. The van der Waals surface area contributed by atoms with E-state index in [1.165, 1.54) is 4.90 Å². The Hall–Kier alpha value is -1.99. The van der Waals surface area contributed by atoms with E-state index in [4.69, 9.17) is 9.47 Å². The lowest BCUT2D eigenvalue weighted by Crippen LogP contribution is -2.55. The molecule has 1 rings (SSSR count). The summed E-state index contributed by atoms with van der Waals surface area (Å²) in [6, 6.07) is -0.601. The molecule has 0 unspecified atom stereocenters. The third-order valence-corrected chi connectivity index (χ3v) is 3.28. The fraction of sp³-hybridized carbons (Fsp3) is 0.812. The van der Waals surface area contributed by atoms with Crippen LogP contribution in [0.3, 0.4) is 0 Å². The smallest absolute Gasteiger partial charge is 0.410 e. The Labute approximate surface area is 142 Å². The van der Waals surface area contributed by atoms with Crippen molar-refractivity contribution in [3.05, 3.63) is 0 Å². The minimum atomic E-state index is -1.08. The second kappa shape index (κ2) is 7.27. The van der Waals surface area contributed by atoms with Crippen LogP contribution < -0.4 is 5.32 Å². The summed E-state index contributed by atoms with van der Waals surface area (Å²) in [5, 5.41) is 12.0. The van der Waals surface area contributed by atoms with Crippen molar-refractivity contribution in [2.45, 2.75) is 65.2 Å². The van der Waals surface area contributed by atoms with Gasteiger partial charge in [-0.25, -0.2) is 9.59 Å². The van der Waals surface area contributed by atoms with Crippen molar-refractivity contribution >= 4 is 18.2 Å². The van der Waals surface area contributed by atoms with Crippen molar-refractivity contribution in [2.24, 2.45) is 5.92 Å². The number of hydrogen-bond donors (Lipinski definition) is 2. The molecule has 2 atom stereocenters. The molecule has 138 valence electrons. The number of rotatable bonds is 2. The summed E-state index contributed by atoms with van der Waals surface area (Å²) < 4.78 is 10.4. The van der Waals surface area contributed by atoms with Gasteiger partial charge in [-0.15, -0.1) is 0 Å². The molecule has 2 amide bonds. The molecule has 0 bridgehead atoms. The molecule has 24 heavy (non-hydrogen) atoms. The monoisotopic (exact) mass is 344 g/mol. The lowest BCUT2D eigenvalue weighted by atomic mass is 9.92. The normalized spacial score (nSPS) is 21.8. The molecular formula is C16H28N2O6. The molecule has 1 aliphatic rings. The van der Waals surface area contributed by atoms with Gasteiger partial charge in [0.2, 0.25) is 0 Å². The number of ether oxygens (including phenoxy) is 2. The van der Waals surface area contributed by atoms with E-state index in [1.807, 2.05) is 0 Å². The molecule has 0 aromatic rings. The number of hydrogen-bond acceptors (Lipinski definition) is 5. The van der Waals surface area contributed by atoms with Crippen LogP contribution in [-0.2, 0) is 14.3 Å². The summed E-state index contributed by atoms with van der Waals surface area (Å²) in [4.78, 5) is 36.8. The second-order valence-corrected chi connectivity index (χ2v) is 7.91. The highest BCUT2D eigenvalue weighted by atomic mass is 16.6. The maximum atomic E-state index is 12.1. The van der Waals surface area contributed by atoms with Crippen LogP contribution in [0.2, 0.25) is 0 Å². The minimum Gasteiger partial charge on any atom is -0.481 e. The number of aliphatic carboxylic acids is 1. The number of piperidine rings is 1. The van der Waals surface area contributed by atoms with E-state index < -0.39 is 41.3 Å². The largest absolute Gasteiger partial charge is 0.481 e. The Kier molecular flexibility index (Phi) is 6.08. The highest BCUT2D eigenvalue weighted by Gasteiger charge is 2.38. The van der Waals surface area contributed by atoms with E-state index in [1.54, 1.807) is 41.5 Å². The zero-order chi connectivity index (χ0) is 18.7. The van der Waals surface area contributed by atoms with E-state index in [2.05, 4.69) is 5.32 Å². The van der Waals surface area contributed by atoms with Crippen molar-refractivity contribution in [1.29, 1.82) is 0 Å². The Bertz CT molecular complexity index is 492. The average molecular weight is 344 g/mol. The Morgan fingerprint density at radius 2 is 1.58 bits per heavy atom. The van der Waals surface area contributed by atoms with Crippen LogP contribution in [0.15, 0.2) is 0 Å². The molecule has 0 aromatic heterocycles. The summed E-state index contributed by atoms with van der Waals surface area (Å²) in [6.07, 6.45) is -0.899. The van der Waals surface area contributed by atoms with Gasteiger partial charge in [0.1, 0.15) is 11.2 Å². The number of carbonyl (C=O) groups is 3. The van der Waals surface area contributed by atoms with E-state index in [-0.39, 0.29) is 6.54 Å². The van der Waals surface area contributed by atoms with Gasteiger partial charge >= 0.3 is 18.2 Å². The Morgan fingerprint density at radius 1 is 1.04 bits per heavy atom. The second-order valence-electron chi connectivity index (χ2n) is 7.91. The summed E-state index contributed by atoms with van der Waals surface area (Å²) in [6.45, 7) is 10.7. The van der Waals surface area contributed by atoms with Crippen LogP contribution in [0.5, 0.6) is 0 Å². The predicted octanol–water partition coefficient (Wildman–Crippen LogP) is 2.22. The molecule has 1 fully saturated rings. The SMILES string of the molecule is CC(C)(C)OC(=O)N[C@@H]1CCN(C(=O)OC(C)(C)C)C[C@H]1C(=O)O. The lowest BCUT2D eigenvalue weighted by molar-refractivity contribution is -0.144. The molecule has 0 aliphatic carbocycles. The number of alkyl carbamates (subject to hydrolysis) is 1.